The number of nitrogens with zero attached hydrogens (tertiary/aromatic N) is 3. The lowest BCUT2D eigenvalue weighted by molar-refractivity contribution is 0.554. The number of thiazole rings is 1. The molecule has 0 saturated heterocycles. The van der Waals surface area contributed by atoms with Gasteiger partial charge in [-0.3, -0.25) is 0 Å². The standard InChI is InChI=1S/C12H16N2.C11H13ClN2.C11H12ClNS/c1-8-5-6-9-10(7-8)14-11(13-9)12(2,3)4;1-11(2,3)10-13-8-6-4-5-7(12)9(8)14-10;1-11(2,3)10-13-9-7(12)5-4-6-8(9)14-10/h5-7H,1-4H3,(H,13,14);4-6H,1-3H3,(H,13,14);4-6H,1-3H3. The van der Waals surface area contributed by atoms with Crippen molar-refractivity contribution in [1.82, 2.24) is 24.9 Å². The molecule has 3 aromatic heterocycles. The Labute approximate surface area is 263 Å². The normalized spacial score (nSPS) is 12.3. The third-order valence-corrected chi connectivity index (χ3v) is 8.59. The van der Waals surface area contributed by atoms with E-state index in [0.29, 0.717) is 5.02 Å². The van der Waals surface area contributed by atoms with Crippen LogP contribution in [0.25, 0.3) is 32.3 Å². The summed E-state index contributed by atoms with van der Waals surface area (Å²) in [6, 6.07) is 18.0. The van der Waals surface area contributed by atoms with E-state index >= 15 is 0 Å². The smallest absolute Gasteiger partial charge is 0.112 e. The lowest BCUT2D eigenvalue weighted by Gasteiger charge is -2.13. The van der Waals surface area contributed by atoms with E-state index in [1.54, 1.807) is 11.3 Å². The maximum absolute atomic E-state index is 6.06. The SMILES string of the molecule is CC(C)(C)c1nc2c(Cl)cccc2[nH]1.CC(C)(C)c1nc2c(Cl)cccc2s1.Cc1ccc2nc(C(C)(C)C)[nH]c2c1. The van der Waals surface area contributed by atoms with Gasteiger partial charge in [0.05, 0.1) is 36.3 Å². The first kappa shape index (κ1) is 32.0. The van der Waals surface area contributed by atoms with Crippen LogP contribution in [0.4, 0.5) is 0 Å². The van der Waals surface area contributed by atoms with Crippen molar-refractivity contribution in [3.8, 4) is 0 Å². The summed E-state index contributed by atoms with van der Waals surface area (Å²) in [6.07, 6.45) is 0. The largest absolute Gasteiger partial charge is 0.342 e. The second kappa shape index (κ2) is 12.0. The van der Waals surface area contributed by atoms with Gasteiger partial charge >= 0.3 is 0 Å². The van der Waals surface area contributed by atoms with Crippen molar-refractivity contribution in [3.63, 3.8) is 0 Å². The number of nitrogens with one attached hydrogen (secondary N) is 2. The number of fused-ring (bicyclic) bond motifs is 3. The van der Waals surface area contributed by atoms with Crippen molar-refractivity contribution < 1.29 is 0 Å². The van der Waals surface area contributed by atoms with Crippen LogP contribution in [0.3, 0.4) is 0 Å². The second-order valence-electron chi connectivity index (χ2n) is 13.7. The first-order chi connectivity index (χ1) is 19.4. The van der Waals surface area contributed by atoms with Gasteiger partial charge in [-0.05, 0) is 48.9 Å². The number of hydrogen-bond acceptors (Lipinski definition) is 4. The van der Waals surface area contributed by atoms with Crippen LogP contribution in [0.1, 0.15) is 84.5 Å². The van der Waals surface area contributed by atoms with E-state index in [2.05, 4.69) is 118 Å². The summed E-state index contributed by atoms with van der Waals surface area (Å²) < 4.78 is 1.17. The summed E-state index contributed by atoms with van der Waals surface area (Å²) in [7, 11) is 0. The summed E-state index contributed by atoms with van der Waals surface area (Å²) in [5.41, 5.74) is 6.48. The molecule has 0 bridgehead atoms. The molecule has 0 amide bonds. The zero-order chi connectivity index (χ0) is 31.0. The number of aromatic nitrogens is 5. The van der Waals surface area contributed by atoms with Gasteiger partial charge in [0.15, 0.2) is 0 Å². The highest BCUT2D eigenvalue weighted by atomic mass is 35.5. The topological polar surface area (TPSA) is 70.2 Å². The molecule has 3 aromatic carbocycles. The second-order valence-corrected chi connectivity index (χ2v) is 15.5. The van der Waals surface area contributed by atoms with Gasteiger partial charge in [0.25, 0.3) is 0 Å². The molecule has 42 heavy (non-hydrogen) atoms. The maximum atomic E-state index is 6.06. The van der Waals surface area contributed by atoms with E-state index in [-0.39, 0.29) is 16.2 Å². The molecular formula is C34H41Cl2N5S. The van der Waals surface area contributed by atoms with Gasteiger partial charge in [-0.2, -0.15) is 0 Å². The number of hydrogen-bond donors (Lipinski definition) is 2. The Kier molecular flexibility index (Phi) is 9.13. The van der Waals surface area contributed by atoms with Crippen molar-refractivity contribution >= 4 is 66.8 Å². The molecule has 8 heteroatoms. The van der Waals surface area contributed by atoms with Crippen LogP contribution < -0.4 is 0 Å². The molecule has 222 valence electrons. The Morgan fingerprint density at radius 2 is 1.19 bits per heavy atom. The van der Waals surface area contributed by atoms with Gasteiger partial charge in [-0.15, -0.1) is 11.3 Å². The predicted octanol–water partition coefficient (Wildman–Crippen LogP) is 10.9. The highest BCUT2D eigenvalue weighted by molar-refractivity contribution is 7.18. The third-order valence-electron chi connectivity index (χ3n) is 6.53. The van der Waals surface area contributed by atoms with Gasteiger partial charge in [-0.1, -0.05) is 104 Å². The van der Waals surface area contributed by atoms with Crippen LogP contribution in [0.2, 0.25) is 10.0 Å². The average molecular weight is 623 g/mol. The Balaban J connectivity index is 0.000000145. The summed E-state index contributed by atoms with van der Waals surface area (Å²) in [4.78, 5) is 20.3. The molecule has 6 aromatic rings. The van der Waals surface area contributed by atoms with E-state index in [1.807, 2.05) is 30.3 Å². The molecule has 6 rings (SSSR count). The molecule has 2 N–H and O–H groups in total. The van der Waals surface area contributed by atoms with Gasteiger partial charge in [0.2, 0.25) is 0 Å². The van der Waals surface area contributed by atoms with E-state index in [9.17, 15) is 0 Å². The average Bonchev–Trinajstić information content (AvgIpc) is 3.61. The van der Waals surface area contributed by atoms with Crippen LogP contribution in [-0.2, 0) is 16.2 Å². The summed E-state index contributed by atoms with van der Waals surface area (Å²) in [5.74, 6) is 2.03. The predicted molar refractivity (Wildman–Crippen MR) is 183 cm³/mol. The number of para-hydroxylation sites is 2. The molecule has 0 radical (unpaired) electrons. The molecule has 0 aliphatic heterocycles. The number of H-pyrrole nitrogens is 2. The number of imidazole rings is 2. The molecule has 0 aliphatic carbocycles. The minimum absolute atomic E-state index is 0.0301. The number of aromatic amines is 2. The van der Waals surface area contributed by atoms with Crippen LogP contribution in [0, 0.1) is 6.92 Å². The molecule has 0 aliphatic rings. The van der Waals surface area contributed by atoms with Gasteiger partial charge in [-0.25, -0.2) is 15.0 Å². The molecule has 0 fully saturated rings. The molecule has 0 saturated carbocycles. The fourth-order valence-corrected chi connectivity index (χ4v) is 5.61. The van der Waals surface area contributed by atoms with Crippen molar-refractivity contribution in [2.75, 3.05) is 0 Å². The van der Waals surface area contributed by atoms with Crippen LogP contribution in [-0.4, -0.2) is 24.9 Å². The van der Waals surface area contributed by atoms with Gasteiger partial charge in [0.1, 0.15) is 22.7 Å². The van der Waals surface area contributed by atoms with Crippen molar-refractivity contribution in [2.45, 2.75) is 85.5 Å². The number of benzene rings is 3. The molecule has 0 spiro atoms. The Morgan fingerprint density at radius 1 is 0.619 bits per heavy atom. The minimum atomic E-state index is 0.0301. The molecule has 5 nitrogen and oxygen atoms in total. The van der Waals surface area contributed by atoms with Crippen LogP contribution in [0.15, 0.2) is 54.6 Å². The van der Waals surface area contributed by atoms with E-state index < -0.39 is 0 Å². The number of aryl methyl sites for hydroxylation is 1. The molecule has 0 unspecified atom stereocenters. The Morgan fingerprint density at radius 3 is 1.76 bits per heavy atom. The van der Waals surface area contributed by atoms with Crippen LogP contribution in [0.5, 0.6) is 0 Å². The van der Waals surface area contributed by atoms with E-state index in [1.165, 1.54) is 10.3 Å². The third kappa shape index (κ3) is 7.52. The fraction of sp³-hybridized carbons (Fsp3) is 0.382. The van der Waals surface area contributed by atoms with Crippen molar-refractivity contribution in [1.29, 1.82) is 0 Å². The zero-order valence-electron chi connectivity index (χ0n) is 26.2. The summed E-state index contributed by atoms with van der Waals surface area (Å²) in [5, 5.41) is 2.59. The number of halogens is 2. The first-order valence-electron chi connectivity index (χ1n) is 14.1. The van der Waals surface area contributed by atoms with E-state index in [4.69, 9.17) is 23.2 Å². The quantitative estimate of drug-likeness (QED) is 0.177. The lowest BCUT2D eigenvalue weighted by atomic mass is 9.96. The highest BCUT2D eigenvalue weighted by Gasteiger charge is 2.20. The van der Waals surface area contributed by atoms with Gasteiger partial charge in [0, 0.05) is 16.2 Å². The lowest BCUT2D eigenvalue weighted by Crippen LogP contribution is -2.12. The minimum Gasteiger partial charge on any atom is -0.342 e. The first-order valence-corrected chi connectivity index (χ1v) is 15.7. The number of rotatable bonds is 0. The van der Waals surface area contributed by atoms with E-state index in [0.717, 1.165) is 49.3 Å². The Bertz CT molecular complexity index is 1730. The molecule has 3 heterocycles. The zero-order valence-corrected chi connectivity index (χ0v) is 28.5. The fourth-order valence-electron chi connectivity index (χ4n) is 4.07. The maximum Gasteiger partial charge on any atom is 0.112 e. The highest BCUT2D eigenvalue weighted by Crippen LogP contribution is 2.34. The van der Waals surface area contributed by atoms with Gasteiger partial charge < -0.3 is 9.97 Å². The Hall–Kier alpha value is -2.93. The molecule has 0 atom stereocenters. The van der Waals surface area contributed by atoms with Crippen LogP contribution >= 0.6 is 34.5 Å². The van der Waals surface area contributed by atoms with Crippen molar-refractivity contribution in [3.05, 3.63) is 86.9 Å². The summed E-state index contributed by atoms with van der Waals surface area (Å²) >= 11 is 13.8. The monoisotopic (exact) mass is 621 g/mol. The molecular weight excluding hydrogens is 581 g/mol. The summed E-state index contributed by atoms with van der Waals surface area (Å²) in [6.45, 7) is 21.5. The van der Waals surface area contributed by atoms with Crippen molar-refractivity contribution in [2.24, 2.45) is 0 Å².